The summed E-state index contributed by atoms with van der Waals surface area (Å²) in [7, 11) is 1.31. The van der Waals surface area contributed by atoms with Crippen molar-refractivity contribution in [2.45, 2.75) is 49.3 Å². The van der Waals surface area contributed by atoms with Crippen LogP contribution < -0.4 is 0 Å². The Hall–Kier alpha value is -1.77. The first kappa shape index (κ1) is 22.9. The molecule has 1 fully saturated rings. The average molecular weight is 459 g/mol. The molecule has 4 nitrogen and oxygen atoms in total. The van der Waals surface area contributed by atoms with E-state index in [1.165, 1.54) is 19.1 Å². The van der Waals surface area contributed by atoms with E-state index in [9.17, 15) is 18.0 Å². The van der Waals surface area contributed by atoms with Gasteiger partial charge in [-0.15, -0.1) is 0 Å². The predicted octanol–water partition coefficient (Wildman–Crippen LogP) is 6.15. The fraction of sp³-hybridized carbons (Fsp3) is 0.429. The summed E-state index contributed by atoms with van der Waals surface area (Å²) in [4.78, 5) is 16.5. The number of ether oxygens (including phenoxy) is 1. The number of hydrogen-bond donors (Lipinski definition) is 0. The Morgan fingerprint density at radius 2 is 1.97 bits per heavy atom. The number of hydrogen-bond acceptors (Lipinski definition) is 5. The number of carbonyl (C=O) groups excluding carboxylic acids is 1. The quantitative estimate of drug-likeness (QED) is 0.295. The third-order valence-corrected chi connectivity index (χ3v) is 6.49. The number of benzene rings is 1. The van der Waals surface area contributed by atoms with Gasteiger partial charge >= 0.3 is 12.1 Å². The lowest BCUT2D eigenvalue weighted by Crippen LogP contribution is -2.38. The van der Waals surface area contributed by atoms with Crippen molar-refractivity contribution in [3.05, 3.63) is 58.9 Å². The molecule has 0 aliphatic heterocycles. The fourth-order valence-corrected chi connectivity index (χ4v) is 4.72. The highest BCUT2D eigenvalue weighted by molar-refractivity contribution is 7.97. The molecule has 2 unspecified atom stereocenters. The second kappa shape index (κ2) is 10.0. The zero-order valence-electron chi connectivity index (χ0n) is 16.4. The lowest BCUT2D eigenvalue weighted by atomic mass is 9.85. The molecule has 0 amide bonds. The zero-order valence-corrected chi connectivity index (χ0v) is 17.9. The minimum atomic E-state index is -4.18. The number of carbonyl (C=O) groups is 1. The van der Waals surface area contributed by atoms with Crippen LogP contribution in [0.4, 0.5) is 13.2 Å². The Morgan fingerprint density at radius 3 is 2.57 bits per heavy atom. The molecule has 0 radical (unpaired) electrons. The molecule has 1 aromatic heterocycles. The number of esters is 1. The van der Waals surface area contributed by atoms with Crippen LogP contribution in [-0.2, 0) is 11.3 Å². The molecule has 0 saturated heterocycles. The monoisotopic (exact) mass is 458 g/mol. The fourth-order valence-electron chi connectivity index (χ4n) is 3.55. The normalized spacial score (nSPS) is 19.7. The van der Waals surface area contributed by atoms with Gasteiger partial charge in [0.2, 0.25) is 0 Å². The van der Waals surface area contributed by atoms with Gasteiger partial charge in [0, 0.05) is 23.7 Å². The van der Waals surface area contributed by atoms with E-state index in [1.54, 1.807) is 42.6 Å². The number of methoxy groups -OCH3 is 1. The van der Waals surface area contributed by atoms with E-state index in [2.05, 4.69) is 4.98 Å². The number of pyridine rings is 1. The summed E-state index contributed by atoms with van der Waals surface area (Å²) in [6, 6.07) is 10.1. The second-order valence-corrected chi connectivity index (χ2v) is 8.74. The molecule has 9 heteroatoms. The first-order valence-corrected chi connectivity index (χ1v) is 10.7. The van der Waals surface area contributed by atoms with E-state index >= 15 is 0 Å². The summed E-state index contributed by atoms with van der Waals surface area (Å²) in [6.07, 6.45) is -1.09. The van der Waals surface area contributed by atoms with Crippen LogP contribution in [0.3, 0.4) is 0 Å². The first-order valence-electron chi connectivity index (χ1n) is 9.56. The molecule has 2 atom stereocenters. The summed E-state index contributed by atoms with van der Waals surface area (Å²) in [6.45, 7) is 0.435. The van der Waals surface area contributed by atoms with Crippen LogP contribution in [0.1, 0.15) is 41.6 Å². The lowest BCUT2D eigenvalue weighted by Gasteiger charge is -2.37. The maximum Gasteiger partial charge on any atom is 0.391 e. The predicted molar refractivity (Wildman–Crippen MR) is 110 cm³/mol. The van der Waals surface area contributed by atoms with Crippen LogP contribution in [0.2, 0.25) is 5.15 Å². The molecule has 30 heavy (non-hydrogen) atoms. The molecular weight excluding hydrogens is 437 g/mol. The van der Waals surface area contributed by atoms with Gasteiger partial charge in [-0.3, -0.25) is 0 Å². The summed E-state index contributed by atoms with van der Waals surface area (Å²) < 4.78 is 46.7. The van der Waals surface area contributed by atoms with Crippen LogP contribution in [0.5, 0.6) is 0 Å². The largest absolute Gasteiger partial charge is 0.465 e. The maximum absolute atomic E-state index is 13.3. The standard InChI is InChI=1S/C21H22ClF3N2O2S/c1-29-20(28)15-7-5-14(6-8-15)13-27(30-18-9-10-19(22)26-12-18)17-4-2-3-16(11-17)21(23,24)25/h5-10,12,16-17H,2-4,11,13H2,1H3. The van der Waals surface area contributed by atoms with Crippen molar-refractivity contribution in [1.82, 2.24) is 9.29 Å². The molecule has 162 valence electrons. The zero-order chi connectivity index (χ0) is 21.7. The number of halogens is 4. The number of rotatable bonds is 6. The average Bonchev–Trinajstić information content (AvgIpc) is 2.74. The van der Waals surface area contributed by atoms with Gasteiger partial charge in [0.25, 0.3) is 0 Å². The SMILES string of the molecule is COC(=O)c1ccc(CN(Sc2ccc(Cl)nc2)C2CCCC(C(F)(F)F)C2)cc1. The minimum Gasteiger partial charge on any atom is -0.465 e. The molecule has 1 aromatic carbocycles. The third kappa shape index (κ3) is 6.12. The maximum atomic E-state index is 13.3. The van der Waals surface area contributed by atoms with Gasteiger partial charge in [-0.2, -0.15) is 13.2 Å². The van der Waals surface area contributed by atoms with Gasteiger partial charge in [-0.25, -0.2) is 14.1 Å². The first-order chi connectivity index (χ1) is 14.3. The molecule has 0 N–H and O–H groups in total. The molecule has 1 saturated carbocycles. The molecule has 1 heterocycles. The van der Waals surface area contributed by atoms with Gasteiger partial charge in [0.05, 0.1) is 18.6 Å². The molecule has 3 rings (SSSR count). The van der Waals surface area contributed by atoms with E-state index in [1.807, 2.05) is 4.31 Å². The molecule has 1 aliphatic carbocycles. The van der Waals surface area contributed by atoms with E-state index in [-0.39, 0.29) is 18.9 Å². The molecule has 0 spiro atoms. The Bertz CT molecular complexity index is 847. The summed E-state index contributed by atoms with van der Waals surface area (Å²) in [5, 5.41) is 0.360. The highest BCUT2D eigenvalue weighted by Crippen LogP contribution is 2.41. The molecule has 2 aromatic rings. The summed E-state index contributed by atoms with van der Waals surface area (Å²) in [5.41, 5.74) is 1.32. The Balaban J connectivity index is 1.80. The summed E-state index contributed by atoms with van der Waals surface area (Å²) >= 11 is 7.23. The van der Waals surface area contributed by atoms with Crippen molar-refractivity contribution < 1.29 is 22.7 Å². The Kier molecular flexibility index (Phi) is 7.65. The van der Waals surface area contributed by atoms with Gasteiger partial charge in [0.1, 0.15) is 5.15 Å². The Labute approximate surface area is 182 Å². The van der Waals surface area contributed by atoms with Crippen molar-refractivity contribution in [3.63, 3.8) is 0 Å². The highest BCUT2D eigenvalue weighted by atomic mass is 35.5. The minimum absolute atomic E-state index is 0.0672. The van der Waals surface area contributed by atoms with Crippen LogP contribution in [0.15, 0.2) is 47.5 Å². The van der Waals surface area contributed by atoms with Gasteiger partial charge in [-0.1, -0.05) is 30.2 Å². The number of nitrogens with zero attached hydrogens (tertiary/aromatic N) is 2. The van der Waals surface area contributed by atoms with Crippen molar-refractivity contribution in [3.8, 4) is 0 Å². The van der Waals surface area contributed by atoms with Crippen molar-refractivity contribution >= 4 is 29.5 Å². The van der Waals surface area contributed by atoms with Gasteiger partial charge in [-0.05, 0) is 61.0 Å². The molecule has 1 aliphatic rings. The topological polar surface area (TPSA) is 42.4 Å². The van der Waals surface area contributed by atoms with Gasteiger partial charge < -0.3 is 4.74 Å². The van der Waals surface area contributed by atoms with Crippen LogP contribution >= 0.6 is 23.5 Å². The van der Waals surface area contributed by atoms with Crippen LogP contribution in [0, 0.1) is 5.92 Å². The molecule has 0 bridgehead atoms. The van der Waals surface area contributed by atoms with Gasteiger partial charge in [0.15, 0.2) is 0 Å². The highest BCUT2D eigenvalue weighted by Gasteiger charge is 2.43. The molecular formula is C21H22ClF3N2O2S. The third-order valence-electron chi connectivity index (χ3n) is 5.15. The van der Waals surface area contributed by atoms with Crippen molar-refractivity contribution in [2.75, 3.05) is 7.11 Å². The van der Waals surface area contributed by atoms with Crippen LogP contribution in [0.25, 0.3) is 0 Å². The lowest BCUT2D eigenvalue weighted by molar-refractivity contribution is -0.185. The smallest absolute Gasteiger partial charge is 0.391 e. The number of aromatic nitrogens is 1. The van der Waals surface area contributed by atoms with E-state index < -0.39 is 18.1 Å². The van der Waals surface area contributed by atoms with E-state index in [4.69, 9.17) is 16.3 Å². The van der Waals surface area contributed by atoms with E-state index in [0.717, 1.165) is 10.5 Å². The number of alkyl halides is 3. The van der Waals surface area contributed by atoms with E-state index in [0.29, 0.717) is 30.1 Å². The summed E-state index contributed by atoms with van der Waals surface area (Å²) in [5.74, 6) is -1.72. The van der Waals surface area contributed by atoms with Crippen LogP contribution in [-0.4, -0.2) is 34.6 Å². The second-order valence-electron chi connectivity index (χ2n) is 7.23. The Morgan fingerprint density at radius 1 is 1.23 bits per heavy atom. The van der Waals surface area contributed by atoms with Crippen molar-refractivity contribution in [2.24, 2.45) is 5.92 Å². The van der Waals surface area contributed by atoms with Crippen molar-refractivity contribution in [1.29, 1.82) is 0 Å².